The van der Waals surface area contributed by atoms with E-state index >= 15 is 0 Å². The number of hydrogen-bond acceptors (Lipinski definition) is 4. The van der Waals surface area contributed by atoms with Crippen molar-refractivity contribution in [1.29, 1.82) is 0 Å². The molecule has 0 aliphatic carbocycles. The molecule has 0 radical (unpaired) electrons. The molecule has 2 aliphatic heterocycles. The Morgan fingerprint density at radius 1 is 1.26 bits per heavy atom. The number of nitrogens with zero attached hydrogens (tertiary/aromatic N) is 1. The van der Waals surface area contributed by atoms with Crippen molar-refractivity contribution < 1.29 is 19.4 Å². The van der Waals surface area contributed by atoms with Gasteiger partial charge in [0.1, 0.15) is 5.60 Å². The zero-order chi connectivity index (χ0) is 14.0. The van der Waals surface area contributed by atoms with Crippen LogP contribution in [0, 0.1) is 0 Å². The first-order valence-corrected chi connectivity index (χ1v) is 7.14. The van der Waals surface area contributed by atoms with E-state index in [1.54, 1.807) is 0 Å². The molecule has 110 valence electrons. The number of hydrogen-bond donors (Lipinski definition) is 1. The molecule has 1 N–H and O–H groups in total. The van der Waals surface area contributed by atoms with Crippen LogP contribution in [0.3, 0.4) is 0 Å². The van der Waals surface area contributed by atoms with Gasteiger partial charge in [-0.3, -0.25) is 0 Å². The third kappa shape index (κ3) is 3.60. The molecule has 2 heterocycles. The van der Waals surface area contributed by atoms with E-state index in [-0.39, 0.29) is 30.9 Å². The number of rotatable bonds is 3. The van der Waals surface area contributed by atoms with Gasteiger partial charge in [-0.15, -0.1) is 0 Å². The van der Waals surface area contributed by atoms with Crippen molar-refractivity contribution in [1.82, 2.24) is 4.90 Å². The number of carbonyl (C=O) groups is 1. The van der Waals surface area contributed by atoms with Crippen LogP contribution in [0.5, 0.6) is 0 Å². The van der Waals surface area contributed by atoms with Gasteiger partial charge in [0.25, 0.3) is 0 Å². The Hall–Kier alpha value is -0.810. The number of fused-ring (bicyclic) bond motifs is 2. The molecule has 2 saturated heterocycles. The minimum atomic E-state index is -0.444. The summed E-state index contributed by atoms with van der Waals surface area (Å²) in [4.78, 5) is 14.1. The predicted octanol–water partition coefficient (Wildman–Crippen LogP) is 1.93. The molecule has 0 saturated carbocycles. The van der Waals surface area contributed by atoms with Crippen molar-refractivity contribution in [2.75, 3.05) is 13.2 Å². The molecule has 19 heavy (non-hydrogen) atoms. The molecule has 0 aromatic rings. The van der Waals surface area contributed by atoms with Crippen LogP contribution in [0.15, 0.2) is 0 Å². The van der Waals surface area contributed by atoms with Crippen molar-refractivity contribution in [3.63, 3.8) is 0 Å². The van der Waals surface area contributed by atoms with E-state index in [2.05, 4.69) is 0 Å². The monoisotopic (exact) mass is 271 g/mol. The van der Waals surface area contributed by atoms with Crippen LogP contribution in [0.2, 0.25) is 0 Å². The molecular formula is C14H25NO4. The van der Waals surface area contributed by atoms with E-state index in [4.69, 9.17) is 14.6 Å². The summed E-state index contributed by atoms with van der Waals surface area (Å²) in [6.07, 6.45) is 3.75. The Labute approximate surface area is 114 Å². The van der Waals surface area contributed by atoms with Crippen molar-refractivity contribution in [2.45, 2.75) is 70.2 Å². The first-order valence-electron chi connectivity index (χ1n) is 7.14. The highest BCUT2D eigenvalue weighted by atomic mass is 16.6. The first kappa shape index (κ1) is 14.6. The normalized spacial score (nSPS) is 30.5. The number of aliphatic hydroxyl groups excluding tert-OH is 1. The van der Waals surface area contributed by atoms with Gasteiger partial charge in [-0.2, -0.15) is 0 Å². The minimum absolute atomic E-state index is 0.0572. The van der Waals surface area contributed by atoms with Gasteiger partial charge in [-0.05, 0) is 46.5 Å². The predicted molar refractivity (Wildman–Crippen MR) is 70.9 cm³/mol. The maximum Gasteiger partial charge on any atom is 0.410 e. The lowest BCUT2D eigenvalue weighted by atomic mass is 10.0. The smallest absolute Gasteiger partial charge is 0.410 e. The average Bonchev–Trinajstić information content (AvgIpc) is 2.56. The summed E-state index contributed by atoms with van der Waals surface area (Å²) < 4.78 is 11.1. The van der Waals surface area contributed by atoms with Crippen LogP contribution in [0.1, 0.15) is 46.5 Å². The number of carbonyl (C=O) groups excluding carboxylic acids is 1. The molecular weight excluding hydrogens is 246 g/mol. The molecule has 5 nitrogen and oxygen atoms in total. The molecule has 1 amide bonds. The highest BCUT2D eigenvalue weighted by Gasteiger charge is 2.45. The first-order chi connectivity index (χ1) is 8.90. The zero-order valence-electron chi connectivity index (χ0n) is 12.1. The molecule has 0 aromatic heterocycles. The van der Waals surface area contributed by atoms with Gasteiger partial charge in [0.05, 0.1) is 19.3 Å². The number of aliphatic hydroxyl groups is 1. The van der Waals surface area contributed by atoms with Crippen molar-refractivity contribution >= 4 is 6.09 Å². The molecule has 2 rings (SSSR count). The van der Waals surface area contributed by atoms with Crippen LogP contribution >= 0.6 is 0 Å². The van der Waals surface area contributed by atoms with E-state index in [9.17, 15) is 4.79 Å². The van der Waals surface area contributed by atoms with Crippen molar-refractivity contribution in [2.24, 2.45) is 0 Å². The van der Waals surface area contributed by atoms with E-state index < -0.39 is 5.60 Å². The van der Waals surface area contributed by atoms with Gasteiger partial charge < -0.3 is 19.5 Å². The lowest BCUT2D eigenvalue weighted by Crippen LogP contribution is -2.50. The quantitative estimate of drug-likeness (QED) is 0.852. The fourth-order valence-electron chi connectivity index (χ4n) is 3.10. The van der Waals surface area contributed by atoms with E-state index in [1.807, 2.05) is 25.7 Å². The van der Waals surface area contributed by atoms with Crippen molar-refractivity contribution in [3.05, 3.63) is 0 Å². The summed E-state index contributed by atoms with van der Waals surface area (Å²) >= 11 is 0. The lowest BCUT2D eigenvalue weighted by Gasteiger charge is -2.39. The Morgan fingerprint density at radius 3 is 2.32 bits per heavy atom. The van der Waals surface area contributed by atoms with Gasteiger partial charge in [0.2, 0.25) is 0 Å². The van der Waals surface area contributed by atoms with Gasteiger partial charge in [-0.1, -0.05) is 0 Å². The Balaban J connectivity index is 1.93. The summed E-state index contributed by atoms with van der Waals surface area (Å²) in [5.41, 5.74) is -0.444. The van der Waals surface area contributed by atoms with Crippen molar-refractivity contribution in [3.8, 4) is 0 Å². The van der Waals surface area contributed by atoms with Crippen LogP contribution in [0.4, 0.5) is 4.79 Å². The summed E-state index contributed by atoms with van der Waals surface area (Å²) in [5, 5.41) is 8.80. The average molecular weight is 271 g/mol. The summed E-state index contributed by atoms with van der Waals surface area (Å²) in [5.74, 6) is 0. The largest absolute Gasteiger partial charge is 0.444 e. The maximum atomic E-state index is 12.2. The van der Waals surface area contributed by atoms with Gasteiger partial charge in [-0.25, -0.2) is 4.79 Å². The molecule has 3 atom stereocenters. The Bertz CT molecular complexity index is 312. The van der Waals surface area contributed by atoms with Gasteiger partial charge in [0.15, 0.2) is 0 Å². The minimum Gasteiger partial charge on any atom is -0.444 e. The van der Waals surface area contributed by atoms with E-state index in [0.717, 1.165) is 25.7 Å². The van der Waals surface area contributed by atoms with E-state index in [0.29, 0.717) is 6.61 Å². The zero-order valence-corrected chi connectivity index (χ0v) is 12.1. The highest BCUT2D eigenvalue weighted by molar-refractivity contribution is 5.69. The second-order valence-electron chi connectivity index (χ2n) is 6.46. The topological polar surface area (TPSA) is 59.0 Å². The standard InChI is InChI=1S/C14H25NO4/c1-14(2,3)19-13(17)15-10-4-5-11(15)9-12(8-10)18-7-6-16/h10-12,16H,4-9H2,1-3H3/t10-,11?,12?/m0/s1. The lowest BCUT2D eigenvalue weighted by molar-refractivity contribution is -0.0411. The number of ether oxygens (including phenoxy) is 2. The molecule has 5 heteroatoms. The summed E-state index contributed by atoms with van der Waals surface area (Å²) in [6.45, 7) is 6.12. The number of amides is 1. The Morgan fingerprint density at radius 2 is 1.84 bits per heavy atom. The molecule has 2 aliphatic rings. The SMILES string of the molecule is CC(C)(C)OC(=O)N1C2CC[C@H]1CC(OCCO)C2. The van der Waals surface area contributed by atoms with E-state index in [1.165, 1.54) is 0 Å². The molecule has 2 unspecified atom stereocenters. The number of piperidine rings is 1. The van der Waals surface area contributed by atoms with Gasteiger partial charge >= 0.3 is 6.09 Å². The molecule has 0 aromatic carbocycles. The molecule has 2 fully saturated rings. The second kappa shape index (κ2) is 5.67. The molecule has 2 bridgehead atoms. The summed E-state index contributed by atoms with van der Waals surface area (Å²) in [6, 6.07) is 0.467. The van der Waals surface area contributed by atoms with Crippen LogP contribution in [-0.2, 0) is 9.47 Å². The van der Waals surface area contributed by atoms with Crippen LogP contribution < -0.4 is 0 Å². The fourth-order valence-corrected chi connectivity index (χ4v) is 3.10. The Kier molecular flexibility index (Phi) is 4.36. The maximum absolute atomic E-state index is 12.2. The summed E-state index contributed by atoms with van der Waals surface area (Å²) in [7, 11) is 0. The third-order valence-electron chi connectivity index (χ3n) is 3.74. The van der Waals surface area contributed by atoms with Crippen LogP contribution in [-0.4, -0.2) is 53.1 Å². The van der Waals surface area contributed by atoms with Crippen LogP contribution in [0.25, 0.3) is 0 Å². The third-order valence-corrected chi connectivity index (χ3v) is 3.74. The highest BCUT2D eigenvalue weighted by Crippen LogP contribution is 2.37. The molecule has 0 spiro atoms. The second-order valence-corrected chi connectivity index (χ2v) is 6.46. The fraction of sp³-hybridized carbons (Fsp3) is 0.929. The van der Waals surface area contributed by atoms with Gasteiger partial charge in [0, 0.05) is 12.1 Å².